The van der Waals surface area contributed by atoms with Gasteiger partial charge in [-0.3, -0.25) is 9.59 Å². The molecule has 142 valence electrons. The fourth-order valence-corrected chi connectivity index (χ4v) is 3.13. The molecule has 2 amide bonds. The van der Waals surface area contributed by atoms with Crippen molar-refractivity contribution >= 4 is 46.7 Å². The van der Waals surface area contributed by atoms with E-state index in [0.29, 0.717) is 22.1 Å². The molecule has 0 bridgehead atoms. The number of amides is 2. The van der Waals surface area contributed by atoms with Crippen molar-refractivity contribution in [2.24, 2.45) is 0 Å². The van der Waals surface area contributed by atoms with Crippen LogP contribution in [0.25, 0.3) is 0 Å². The SMILES string of the molecule is Cc1ccc(C(=O)Nc2ccc(SCC(=O)Nc3ccc(Cl)cn3)cc2)cc1. The number of benzene rings is 2. The van der Waals surface area contributed by atoms with Crippen LogP contribution >= 0.6 is 23.4 Å². The second-order valence-electron chi connectivity index (χ2n) is 6.04. The fraction of sp³-hybridized carbons (Fsp3) is 0.0952. The van der Waals surface area contributed by atoms with Crippen LogP contribution in [0.1, 0.15) is 15.9 Å². The first kappa shape index (κ1) is 19.9. The summed E-state index contributed by atoms with van der Waals surface area (Å²) in [5, 5.41) is 6.09. The number of thioether (sulfide) groups is 1. The molecule has 3 rings (SSSR count). The number of hydrogen-bond donors (Lipinski definition) is 2. The molecule has 0 atom stereocenters. The molecule has 0 unspecified atom stereocenters. The van der Waals surface area contributed by atoms with Gasteiger partial charge in [0.25, 0.3) is 5.91 Å². The van der Waals surface area contributed by atoms with Crippen LogP contribution in [0.5, 0.6) is 0 Å². The van der Waals surface area contributed by atoms with Crippen molar-refractivity contribution in [3.63, 3.8) is 0 Å². The van der Waals surface area contributed by atoms with E-state index >= 15 is 0 Å². The van der Waals surface area contributed by atoms with Gasteiger partial charge in [-0.05, 0) is 55.5 Å². The third-order valence-corrected chi connectivity index (χ3v) is 5.03. The molecule has 2 N–H and O–H groups in total. The van der Waals surface area contributed by atoms with Gasteiger partial charge in [0.1, 0.15) is 5.82 Å². The first-order valence-corrected chi connectivity index (χ1v) is 9.88. The molecule has 0 radical (unpaired) electrons. The number of aromatic nitrogens is 1. The number of nitrogens with zero attached hydrogens (tertiary/aromatic N) is 1. The highest BCUT2D eigenvalue weighted by atomic mass is 35.5. The van der Waals surface area contributed by atoms with E-state index in [2.05, 4.69) is 15.6 Å². The number of hydrogen-bond acceptors (Lipinski definition) is 4. The van der Waals surface area contributed by atoms with Crippen LogP contribution in [0.4, 0.5) is 11.5 Å². The predicted octanol–water partition coefficient (Wildman–Crippen LogP) is 5.03. The van der Waals surface area contributed by atoms with Gasteiger partial charge in [-0.15, -0.1) is 11.8 Å². The van der Waals surface area contributed by atoms with Crippen LogP contribution in [0.15, 0.2) is 71.8 Å². The molecule has 0 spiro atoms. The zero-order valence-corrected chi connectivity index (χ0v) is 16.7. The Morgan fingerprint density at radius 2 is 1.68 bits per heavy atom. The van der Waals surface area contributed by atoms with E-state index in [-0.39, 0.29) is 17.6 Å². The highest BCUT2D eigenvalue weighted by molar-refractivity contribution is 8.00. The van der Waals surface area contributed by atoms with Crippen molar-refractivity contribution < 1.29 is 9.59 Å². The van der Waals surface area contributed by atoms with Crippen molar-refractivity contribution in [3.8, 4) is 0 Å². The maximum absolute atomic E-state index is 12.2. The lowest BCUT2D eigenvalue weighted by molar-refractivity contribution is -0.113. The minimum absolute atomic E-state index is 0.156. The molecule has 3 aromatic rings. The molecule has 1 heterocycles. The van der Waals surface area contributed by atoms with E-state index in [9.17, 15) is 9.59 Å². The number of pyridine rings is 1. The molecule has 2 aromatic carbocycles. The number of halogens is 1. The van der Waals surface area contributed by atoms with Gasteiger partial charge in [0, 0.05) is 22.3 Å². The van der Waals surface area contributed by atoms with Crippen LogP contribution < -0.4 is 10.6 Å². The second kappa shape index (κ2) is 9.39. The second-order valence-corrected chi connectivity index (χ2v) is 7.53. The number of carbonyl (C=O) groups is 2. The van der Waals surface area contributed by atoms with E-state index in [0.717, 1.165) is 10.5 Å². The summed E-state index contributed by atoms with van der Waals surface area (Å²) >= 11 is 7.17. The van der Waals surface area contributed by atoms with Crippen LogP contribution in [-0.4, -0.2) is 22.6 Å². The molecule has 0 aliphatic heterocycles. The first-order valence-electron chi connectivity index (χ1n) is 8.52. The molecule has 0 aliphatic carbocycles. The summed E-state index contributed by atoms with van der Waals surface area (Å²) in [6.45, 7) is 1.98. The summed E-state index contributed by atoms with van der Waals surface area (Å²) in [4.78, 5) is 29.2. The first-order chi connectivity index (χ1) is 13.5. The topological polar surface area (TPSA) is 71.1 Å². The average molecular weight is 412 g/mol. The van der Waals surface area contributed by atoms with E-state index < -0.39 is 0 Å². The standard InChI is InChI=1S/C21H18ClN3O2S/c1-14-2-4-15(5-3-14)21(27)24-17-7-9-18(10-8-17)28-13-20(26)25-19-11-6-16(22)12-23-19/h2-12H,13H2,1H3,(H,24,27)(H,23,25,26). The summed E-state index contributed by atoms with van der Waals surface area (Å²) in [7, 11) is 0. The maximum Gasteiger partial charge on any atom is 0.255 e. The summed E-state index contributed by atoms with van der Waals surface area (Å²) < 4.78 is 0. The maximum atomic E-state index is 12.2. The van der Waals surface area contributed by atoms with Gasteiger partial charge in [0.05, 0.1) is 10.8 Å². The Morgan fingerprint density at radius 3 is 2.32 bits per heavy atom. The third kappa shape index (κ3) is 5.84. The third-order valence-electron chi connectivity index (χ3n) is 3.79. The zero-order chi connectivity index (χ0) is 19.9. The number of carbonyl (C=O) groups excluding carboxylic acids is 2. The number of anilines is 2. The van der Waals surface area contributed by atoms with Crippen molar-refractivity contribution in [1.82, 2.24) is 4.98 Å². The molecular weight excluding hydrogens is 394 g/mol. The predicted molar refractivity (Wildman–Crippen MR) is 114 cm³/mol. The van der Waals surface area contributed by atoms with Gasteiger partial charge in [0.2, 0.25) is 5.91 Å². The highest BCUT2D eigenvalue weighted by Crippen LogP contribution is 2.21. The Kier molecular flexibility index (Phi) is 6.68. The van der Waals surface area contributed by atoms with Gasteiger partial charge in [-0.25, -0.2) is 4.98 Å². The minimum atomic E-state index is -0.157. The van der Waals surface area contributed by atoms with Gasteiger partial charge < -0.3 is 10.6 Å². The summed E-state index contributed by atoms with van der Waals surface area (Å²) in [5.41, 5.74) is 2.41. The van der Waals surface area contributed by atoms with E-state index in [1.54, 1.807) is 24.3 Å². The van der Waals surface area contributed by atoms with Crippen molar-refractivity contribution in [1.29, 1.82) is 0 Å². The van der Waals surface area contributed by atoms with Crippen LogP contribution in [0, 0.1) is 6.92 Å². The normalized spacial score (nSPS) is 10.4. The van der Waals surface area contributed by atoms with Crippen LogP contribution in [0.2, 0.25) is 5.02 Å². The van der Waals surface area contributed by atoms with Crippen molar-refractivity contribution in [2.45, 2.75) is 11.8 Å². The van der Waals surface area contributed by atoms with Gasteiger partial charge in [0.15, 0.2) is 0 Å². The molecule has 7 heteroatoms. The lowest BCUT2D eigenvalue weighted by atomic mass is 10.1. The monoisotopic (exact) mass is 411 g/mol. The van der Waals surface area contributed by atoms with E-state index in [1.165, 1.54) is 18.0 Å². The number of nitrogens with one attached hydrogen (secondary N) is 2. The quantitative estimate of drug-likeness (QED) is 0.558. The van der Waals surface area contributed by atoms with Crippen LogP contribution in [-0.2, 0) is 4.79 Å². The summed E-state index contributed by atoms with van der Waals surface area (Å²) in [6.07, 6.45) is 1.48. The van der Waals surface area contributed by atoms with Crippen molar-refractivity contribution in [3.05, 3.63) is 83.0 Å². The summed E-state index contributed by atoms with van der Waals surface area (Å²) in [5.74, 6) is 0.398. The fourth-order valence-electron chi connectivity index (χ4n) is 2.32. The van der Waals surface area contributed by atoms with Gasteiger partial charge in [-0.2, -0.15) is 0 Å². The van der Waals surface area contributed by atoms with E-state index in [1.807, 2.05) is 43.3 Å². The Balaban J connectivity index is 1.49. The van der Waals surface area contributed by atoms with Gasteiger partial charge >= 0.3 is 0 Å². The molecule has 0 saturated heterocycles. The Morgan fingerprint density at radius 1 is 0.964 bits per heavy atom. The molecule has 5 nitrogen and oxygen atoms in total. The molecule has 0 saturated carbocycles. The summed E-state index contributed by atoms with van der Waals surface area (Å²) in [6, 6.07) is 18.1. The van der Waals surface area contributed by atoms with E-state index in [4.69, 9.17) is 11.6 Å². The van der Waals surface area contributed by atoms with Crippen LogP contribution in [0.3, 0.4) is 0 Å². The lowest BCUT2D eigenvalue weighted by Crippen LogP contribution is -2.14. The molecule has 0 fully saturated rings. The Labute approximate surface area is 172 Å². The molecule has 0 aliphatic rings. The molecule has 28 heavy (non-hydrogen) atoms. The minimum Gasteiger partial charge on any atom is -0.322 e. The molecular formula is C21H18ClN3O2S. The number of rotatable bonds is 6. The smallest absolute Gasteiger partial charge is 0.255 e. The van der Waals surface area contributed by atoms with Gasteiger partial charge in [-0.1, -0.05) is 29.3 Å². The highest BCUT2D eigenvalue weighted by Gasteiger charge is 2.07. The lowest BCUT2D eigenvalue weighted by Gasteiger charge is -2.07. The largest absolute Gasteiger partial charge is 0.322 e. The molecule has 1 aromatic heterocycles. The Hall–Kier alpha value is -2.83. The number of aryl methyl sites for hydroxylation is 1. The Bertz CT molecular complexity index is 958. The zero-order valence-electron chi connectivity index (χ0n) is 15.1. The average Bonchev–Trinajstić information content (AvgIpc) is 2.70. The van der Waals surface area contributed by atoms with Crippen molar-refractivity contribution in [2.75, 3.05) is 16.4 Å².